The second-order valence-corrected chi connectivity index (χ2v) is 8.94. The molecule has 1 unspecified atom stereocenters. The highest BCUT2D eigenvalue weighted by atomic mass is 16.6. The van der Waals surface area contributed by atoms with Crippen LogP contribution in [0.25, 0.3) is 0 Å². The van der Waals surface area contributed by atoms with Crippen molar-refractivity contribution in [2.24, 2.45) is 0 Å². The molecule has 2 rings (SSSR count). The number of aryl methyl sites for hydroxylation is 1. The molecule has 1 aromatic rings. The monoisotopic (exact) mass is 400 g/mol. The van der Waals surface area contributed by atoms with Crippen LogP contribution in [0.15, 0.2) is 36.4 Å². The summed E-state index contributed by atoms with van der Waals surface area (Å²) in [7, 11) is 0. The van der Waals surface area contributed by atoms with Crippen LogP contribution in [0.3, 0.4) is 0 Å². The van der Waals surface area contributed by atoms with E-state index in [0.29, 0.717) is 6.61 Å². The molecule has 0 aliphatic carbocycles. The Labute approximate surface area is 180 Å². The van der Waals surface area contributed by atoms with E-state index < -0.39 is 0 Å². The number of epoxide rings is 1. The fourth-order valence-electron chi connectivity index (χ4n) is 3.74. The number of hydrogen-bond donors (Lipinski definition) is 0. The number of hydrogen-bond acceptors (Lipinski definition) is 2. The number of ether oxygens (including phenoxy) is 2. The third-order valence-corrected chi connectivity index (χ3v) is 5.86. The fourth-order valence-corrected chi connectivity index (χ4v) is 3.74. The Hall–Kier alpha value is -1.28. The molecule has 0 spiro atoms. The van der Waals surface area contributed by atoms with Crippen LogP contribution >= 0.6 is 0 Å². The summed E-state index contributed by atoms with van der Waals surface area (Å²) in [5.41, 5.74) is 1.31. The lowest BCUT2D eigenvalue weighted by molar-refractivity contribution is 0.201. The van der Waals surface area contributed by atoms with E-state index in [1.807, 2.05) is 0 Å². The maximum Gasteiger partial charge on any atom is 0.123 e. The van der Waals surface area contributed by atoms with Crippen LogP contribution < -0.4 is 4.74 Å². The van der Waals surface area contributed by atoms with Crippen LogP contribution in [0.1, 0.15) is 103 Å². The van der Waals surface area contributed by atoms with Crippen LogP contribution in [0.5, 0.6) is 5.75 Å². The largest absolute Gasteiger partial charge is 0.490 e. The maximum absolute atomic E-state index is 6.01. The molecular weight excluding hydrogens is 356 g/mol. The second kappa shape index (κ2) is 14.7. The van der Waals surface area contributed by atoms with Gasteiger partial charge in [-0.2, -0.15) is 0 Å². The van der Waals surface area contributed by atoms with Gasteiger partial charge in [0.25, 0.3) is 0 Å². The molecule has 0 bridgehead atoms. The van der Waals surface area contributed by atoms with Gasteiger partial charge in [-0.1, -0.05) is 95.1 Å². The molecule has 2 heteroatoms. The van der Waals surface area contributed by atoms with Crippen molar-refractivity contribution in [3.8, 4) is 5.75 Å². The first-order chi connectivity index (χ1) is 14.2. The first-order valence-electron chi connectivity index (χ1n) is 12.2. The smallest absolute Gasteiger partial charge is 0.123 e. The van der Waals surface area contributed by atoms with Gasteiger partial charge in [0.1, 0.15) is 18.0 Å². The van der Waals surface area contributed by atoms with E-state index in [2.05, 4.69) is 50.3 Å². The van der Waals surface area contributed by atoms with Gasteiger partial charge in [0.2, 0.25) is 0 Å². The molecule has 164 valence electrons. The van der Waals surface area contributed by atoms with Crippen molar-refractivity contribution >= 4 is 0 Å². The Morgan fingerprint density at radius 3 is 2.07 bits per heavy atom. The minimum Gasteiger partial charge on any atom is -0.490 e. The van der Waals surface area contributed by atoms with Crippen molar-refractivity contribution in [2.75, 3.05) is 13.2 Å². The summed E-state index contributed by atoms with van der Waals surface area (Å²) in [4.78, 5) is 0. The van der Waals surface area contributed by atoms with Crippen molar-refractivity contribution in [3.63, 3.8) is 0 Å². The van der Waals surface area contributed by atoms with Gasteiger partial charge in [0, 0.05) is 0 Å². The summed E-state index contributed by atoms with van der Waals surface area (Å²) in [6.07, 6.45) is 23.5. The van der Waals surface area contributed by atoms with Crippen LogP contribution in [0, 0.1) is 0 Å². The number of rotatable bonds is 18. The zero-order chi connectivity index (χ0) is 20.6. The highest BCUT2D eigenvalue weighted by molar-refractivity contribution is 5.33. The summed E-state index contributed by atoms with van der Waals surface area (Å²) in [5, 5.41) is 0. The number of unbranched alkanes of at least 4 members (excludes halogenated alkanes) is 11. The maximum atomic E-state index is 6.01. The number of benzene rings is 1. The highest BCUT2D eigenvalue weighted by Crippen LogP contribution is 2.28. The Bertz CT molecular complexity index is 559. The van der Waals surface area contributed by atoms with Gasteiger partial charge in [-0.05, 0) is 50.7 Å². The van der Waals surface area contributed by atoms with Crippen molar-refractivity contribution in [3.05, 3.63) is 42.0 Å². The van der Waals surface area contributed by atoms with Gasteiger partial charge in [-0.15, -0.1) is 0 Å². The van der Waals surface area contributed by atoms with E-state index in [-0.39, 0.29) is 5.60 Å². The van der Waals surface area contributed by atoms with Crippen molar-refractivity contribution in [1.82, 2.24) is 0 Å². The van der Waals surface area contributed by atoms with Gasteiger partial charge in [0.05, 0.1) is 6.61 Å². The summed E-state index contributed by atoms with van der Waals surface area (Å²) in [5.74, 6) is 1.05. The lowest BCUT2D eigenvalue weighted by Crippen LogP contribution is -2.17. The zero-order valence-corrected chi connectivity index (χ0v) is 19.1. The number of para-hydroxylation sites is 1. The van der Waals surface area contributed by atoms with E-state index >= 15 is 0 Å². The van der Waals surface area contributed by atoms with E-state index in [0.717, 1.165) is 18.8 Å². The molecule has 1 atom stereocenters. The molecule has 2 nitrogen and oxygen atoms in total. The molecule has 29 heavy (non-hydrogen) atoms. The van der Waals surface area contributed by atoms with Gasteiger partial charge >= 0.3 is 0 Å². The Morgan fingerprint density at radius 2 is 1.45 bits per heavy atom. The van der Waals surface area contributed by atoms with Crippen molar-refractivity contribution < 1.29 is 9.47 Å². The van der Waals surface area contributed by atoms with E-state index in [9.17, 15) is 0 Å². The molecule has 0 amide bonds. The quantitative estimate of drug-likeness (QED) is 0.141. The van der Waals surface area contributed by atoms with Crippen molar-refractivity contribution in [1.29, 1.82) is 0 Å². The average molecular weight is 401 g/mol. The van der Waals surface area contributed by atoms with Gasteiger partial charge in [-0.25, -0.2) is 0 Å². The van der Waals surface area contributed by atoms with E-state index in [1.54, 1.807) is 0 Å². The first kappa shape index (κ1) is 24.0. The summed E-state index contributed by atoms with van der Waals surface area (Å²) < 4.78 is 11.4. The first-order valence-corrected chi connectivity index (χ1v) is 12.2. The molecule has 0 aromatic heterocycles. The summed E-state index contributed by atoms with van der Waals surface area (Å²) >= 11 is 0. The molecule has 1 fully saturated rings. The fraction of sp³-hybridized carbons (Fsp3) is 0.704. The molecule has 1 saturated heterocycles. The second-order valence-electron chi connectivity index (χ2n) is 8.94. The highest BCUT2D eigenvalue weighted by Gasteiger charge is 2.40. The van der Waals surface area contributed by atoms with E-state index in [4.69, 9.17) is 9.47 Å². The van der Waals surface area contributed by atoms with Crippen LogP contribution in [0.4, 0.5) is 0 Å². The molecular formula is C27H44O2. The summed E-state index contributed by atoms with van der Waals surface area (Å²) in [6.45, 7) is 5.81. The number of allylic oxidation sites excluding steroid dienone is 2. The molecule has 0 radical (unpaired) electrons. The Balaban J connectivity index is 1.40. The molecule has 1 aromatic carbocycles. The minimum absolute atomic E-state index is 0.0426. The Morgan fingerprint density at radius 1 is 0.862 bits per heavy atom. The van der Waals surface area contributed by atoms with Gasteiger partial charge in [0.15, 0.2) is 0 Å². The predicted molar refractivity (Wildman–Crippen MR) is 125 cm³/mol. The van der Waals surface area contributed by atoms with Gasteiger partial charge in [-0.3, -0.25) is 0 Å². The third kappa shape index (κ3) is 11.5. The van der Waals surface area contributed by atoms with Crippen molar-refractivity contribution in [2.45, 2.75) is 109 Å². The lowest BCUT2D eigenvalue weighted by Gasteiger charge is -2.13. The zero-order valence-electron chi connectivity index (χ0n) is 19.1. The molecule has 1 aliphatic rings. The Kier molecular flexibility index (Phi) is 12.1. The predicted octanol–water partition coefficient (Wildman–Crippen LogP) is 8.04. The SMILES string of the molecule is CC/C=C/CCCCCCCCCCCCCc1ccccc1OCC1(C)CO1. The standard InChI is InChI=1S/C27H44O2/c1-3-4-5-6-7-8-9-10-11-12-13-14-15-16-17-20-25-21-18-19-22-26(25)28-23-27(2)24-29-27/h4-5,18-19,21-22H,3,6-17,20,23-24H2,1-2H3/b5-4+. The molecule has 0 saturated carbocycles. The normalized spacial score (nSPS) is 18.4. The topological polar surface area (TPSA) is 21.8 Å². The van der Waals surface area contributed by atoms with Crippen LogP contribution in [-0.2, 0) is 11.2 Å². The molecule has 1 heterocycles. The summed E-state index contributed by atoms with van der Waals surface area (Å²) in [6, 6.07) is 8.51. The third-order valence-electron chi connectivity index (χ3n) is 5.86. The van der Waals surface area contributed by atoms with E-state index in [1.165, 1.54) is 89.0 Å². The molecule has 0 N–H and O–H groups in total. The van der Waals surface area contributed by atoms with Crippen LogP contribution in [-0.4, -0.2) is 18.8 Å². The molecule has 1 aliphatic heterocycles. The minimum atomic E-state index is -0.0426. The van der Waals surface area contributed by atoms with Crippen LogP contribution in [0.2, 0.25) is 0 Å². The van der Waals surface area contributed by atoms with Gasteiger partial charge < -0.3 is 9.47 Å². The lowest BCUT2D eigenvalue weighted by atomic mass is 10.0. The average Bonchev–Trinajstić information content (AvgIpc) is 3.47.